The van der Waals surface area contributed by atoms with Crippen LogP contribution in [0.1, 0.15) is 50.6 Å². The number of benzene rings is 1. The van der Waals surface area contributed by atoms with E-state index in [4.69, 9.17) is 23.9 Å². The summed E-state index contributed by atoms with van der Waals surface area (Å²) in [6.45, 7) is 11.4. The minimum atomic E-state index is 0.121. The van der Waals surface area contributed by atoms with Gasteiger partial charge in [0.25, 0.3) is 0 Å². The van der Waals surface area contributed by atoms with E-state index in [1.807, 2.05) is 19.9 Å². The molecule has 0 amide bonds. The van der Waals surface area contributed by atoms with E-state index in [-0.39, 0.29) is 12.0 Å². The topological polar surface area (TPSA) is 65.3 Å². The number of anilines is 1. The van der Waals surface area contributed by atoms with E-state index in [1.165, 1.54) is 0 Å². The van der Waals surface area contributed by atoms with Gasteiger partial charge in [-0.05, 0) is 49.3 Å². The number of Topliss-reactive ketones (excluding diaryl/α,β-unsaturated/α-hetero) is 1. The predicted molar refractivity (Wildman–Crippen MR) is 122 cm³/mol. The lowest BCUT2D eigenvalue weighted by molar-refractivity contribution is -0.123. The molecule has 2 atom stereocenters. The number of ketones is 1. The van der Waals surface area contributed by atoms with Crippen LogP contribution in [0, 0.1) is 19.4 Å². The molecule has 1 aliphatic carbocycles. The number of hydrogen-bond acceptors (Lipinski definition) is 3. The van der Waals surface area contributed by atoms with Crippen LogP contribution in [0.3, 0.4) is 0 Å². The van der Waals surface area contributed by atoms with Crippen LogP contribution in [0.4, 0.5) is 11.4 Å². The molecule has 1 aliphatic rings. The van der Waals surface area contributed by atoms with Gasteiger partial charge in [-0.1, -0.05) is 24.9 Å². The van der Waals surface area contributed by atoms with Crippen molar-refractivity contribution in [3.05, 3.63) is 52.7 Å². The number of rotatable bonds is 4. The average molecular weight is 421 g/mol. The number of aryl methyl sites for hydroxylation is 1. The highest BCUT2D eigenvalue weighted by Gasteiger charge is 2.29. The maximum absolute atomic E-state index is 12.4. The largest absolute Gasteiger partial charge is 0.396 e. The fourth-order valence-electron chi connectivity index (χ4n) is 4.67. The van der Waals surface area contributed by atoms with Gasteiger partial charge in [-0.2, -0.15) is 0 Å². The van der Waals surface area contributed by atoms with Gasteiger partial charge in [-0.3, -0.25) is 9.78 Å². The molecule has 0 bridgehead atoms. The summed E-state index contributed by atoms with van der Waals surface area (Å²) < 4.78 is 2.28. The second-order valence-corrected chi connectivity index (χ2v) is 8.52. The smallest absolute Gasteiger partial charge is 0.190 e. The summed E-state index contributed by atoms with van der Waals surface area (Å²) in [5.74, 6) is 0.474. The molecule has 2 heterocycles. The number of carbonyl (C=O) groups is 1. The Morgan fingerprint density at radius 3 is 2.87 bits per heavy atom. The summed E-state index contributed by atoms with van der Waals surface area (Å²) in [5.41, 5.74) is 10.7. The first-order valence-electron chi connectivity index (χ1n) is 10.4. The molecule has 5 nitrogen and oxygen atoms in total. The van der Waals surface area contributed by atoms with E-state index in [9.17, 15) is 4.79 Å². The summed E-state index contributed by atoms with van der Waals surface area (Å²) in [4.78, 5) is 20.3. The Balaban J connectivity index is 1.91. The Hall–Kier alpha value is -2.84. The molecule has 30 heavy (non-hydrogen) atoms. The summed E-state index contributed by atoms with van der Waals surface area (Å²) in [6, 6.07) is 4.24. The minimum absolute atomic E-state index is 0.121. The molecule has 3 aromatic rings. The fraction of sp³-hybridized carbons (Fsp3) is 0.375. The van der Waals surface area contributed by atoms with E-state index < -0.39 is 0 Å². The number of fused-ring (bicyclic) bond motifs is 1. The number of carbonyl (C=O) groups excluding carboxylic acids is 1. The molecule has 0 spiro atoms. The number of nitrogens with zero attached hydrogens (tertiary/aromatic N) is 3. The van der Waals surface area contributed by atoms with Crippen LogP contribution in [0.25, 0.3) is 26.9 Å². The van der Waals surface area contributed by atoms with Crippen LogP contribution in [0.5, 0.6) is 0 Å². The van der Waals surface area contributed by atoms with E-state index >= 15 is 0 Å². The monoisotopic (exact) mass is 420 g/mol. The van der Waals surface area contributed by atoms with E-state index in [2.05, 4.69) is 26.7 Å². The van der Waals surface area contributed by atoms with Gasteiger partial charge in [0.05, 0.1) is 23.5 Å². The minimum Gasteiger partial charge on any atom is -0.396 e. The first-order chi connectivity index (χ1) is 14.4. The first kappa shape index (κ1) is 20.4. The lowest BCUT2D eigenvalue weighted by atomic mass is 9.82. The van der Waals surface area contributed by atoms with Crippen LogP contribution in [-0.4, -0.2) is 15.3 Å². The van der Waals surface area contributed by atoms with Gasteiger partial charge in [0.1, 0.15) is 5.78 Å². The first-order valence-corrected chi connectivity index (χ1v) is 10.8. The Bertz CT molecular complexity index is 1170. The lowest BCUT2D eigenvalue weighted by Gasteiger charge is -2.30. The zero-order chi connectivity index (χ0) is 21.4. The summed E-state index contributed by atoms with van der Waals surface area (Å²) in [7, 11) is 0. The summed E-state index contributed by atoms with van der Waals surface area (Å²) in [5, 5.41) is 1.43. The van der Waals surface area contributed by atoms with Crippen molar-refractivity contribution in [1.82, 2.24) is 9.55 Å². The number of hydrogen-bond donors (Lipinski definition) is 1. The Labute approximate surface area is 181 Å². The maximum Gasteiger partial charge on any atom is 0.190 e. The normalized spacial score (nSPS) is 19.0. The molecule has 0 saturated heterocycles. The highest BCUT2D eigenvalue weighted by molar-refractivity contribution is 6.36. The van der Waals surface area contributed by atoms with Crippen LogP contribution in [-0.2, 0) is 4.79 Å². The van der Waals surface area contributed by atoms with Crippen LogP contribution in [0.15, 0.2) is 30.7 Å². The quantitative estimate of drug-likeness (QED) is 0.489. The van der Waals surface area contributed by atoms with E-state index in [0.29, 0.717) is 28.6 Å². The summed E-state index contributed by atoms with van der Waals surface area (Å²) in [6.07, 6.45) is 9.85. The van der Waals surface area contributed by atoms with Gasteiger partial charge < -0.3 is 10.3 Å². The average Bonchev–Trinajstić information content (AvgIpc) is 3.12. The zero-order valence-corrected chi connectivity index (χ0v) is 18.0. The third-order valence-corrected chi connectivity index (χ3v) is 6.73. The molecule has 2 aromatic heterocycles. The van der Waals surface area contributed by atoms with Gasteiger partial charge in [0.2, 0.25) is 0 Å². The summed E-state index contributed by atoms with van der Waals surface area (Å²) >= 11 is 6.53. The van der Waals surface area contributed by atoms with Crippen LogP contribution in [0.2, 0.25) is 5.02 Å². The highest BCUT2D eigenvalue weighted by Crippen LogP contribution is 2.43. The van der Waals surface area contributed by atoms with Crippen molar-refractivity contribution in [2.75, 3.05) is 5.73 Å². The molecule has 1 saturated carbocycles. The number of nitrogen functional groups attached to an aromatic ring is 1. The van der Waals surface area contributed by atoms with Crippen molar-refractivity contribution < 1.29 is 4.79 Å². The molecule has 0 aliphatic heterocycles. The molecule has 154 valence electrons. The highest BCUT2D eigenvalue weighted by atomic mass is 35.5. The molecular formula is C24H25ClN4O. The number of aromatic nitrogens is 2. The standard InChI is InChI=1S/C24H25ClN4O/c1-4-23(30)15-6-5-7-16(9-15)29-13-19(18-11-28-12-20(26)24(18)25)17-10-21(27-3)14(2)8-22(17)29/h8,10-13,15-16H,4-7,9,26H2,1-2H3. The van der Waals surface area contributed by atoms with Crippen molar-refractivity contribution >= 4 is 39.7 Å². The van der Waals surface area contributed by atoms with Crippen molar-refractivity contribution in [3.63, 3.8) is 0 Å². The van der Waals surface area contributed by atoms with Crippen molar-refractivity contribution in [2.24, 2.45) is 5.92 Å². The van der Waals surface area contributed by atoms with Crippen molar-refractivity contribution in [1.29, 1.82) is 0 Å². The number of pyridine rings is 1. The lowest BCUT2D eigenvalue weighted by Crippen LogP contribution is -2.24. The van der Waals surface area contributed by atoms with Crippen molar-refractivity contribution in [3.8, 4) is 11.1 Å². The van der Waals surface area contributed by atoms with Gasteiger partial charge >= 0.3 is 0 Å². The predicted octanol–water partition coefficient (Wildman–Crippen LogP) is 6.51. The molecule has 4 rings (SSSR count). The third kappa shape index (κ3) is 3.46. The van der Waals surface area contributed by atoms with Gasteiger partial charge in [0, 0.05) is 47.4 Å². The number of nitrogens with two attached hydrogens (primary N) is 1. The molecule has 2 unspecified atom stereocenters. The van der Waals surface area contributed by atoms with Crippen LogP contribution >= 0.6 is 11.6 Å². The molecule has 1 aromatic carbocycles. The molecular weight excluding hydrogens is 396 g/mol. The van der Waals surface area contributed by atoms with E-state index in [1.54, 1.807) is 12.4 Å². The molecule has 6 heteroatoms. The maximum atomic E-state index is 12.4. The fourth-order valence-corrected chi connectivity index (χ4v) is 4.87. The third-order valence-electron chi connectivity index (χ3n) is 6.31. The second-order valence-electron chi connectivity index (χ2n) is 8.15. The Morgan fingerprint density at radius 1 is 1.33 bits per heavy atom. The SMILES string of the molecule is [C-]#[N+]c1cc2c(-c3cncc(N)c3Cl)cn(C3CCCC(C(=O)CC)C3)c2cc1C. The van der Waals surface area contributed by atoms with Gasteiger partial charge in [0.15, 0.2) is 5.69 Å². The Morgan fingerprint density at radius 2 is 2.13 bits per heavy atom. The second kappa shape index (κ2) is 8.12. The van der Waals surface area contributed by atoms with Gasteiger partial charge in [-0.25, -0.2) is 4.85 Å². The Kier molecular flexibility index (Phi) is 5.53. The van der Waals surface area contributed by atoms with Crippen LogP contribution < -0.4 is 5.73 Å². The van der Waals surface area contributed by atoms with Crippen molar-refractivity contribution in [2.45, 2.75) is 52.0 Å². The molecule has 2 N–H and O–H groups in total. The molecule has 1 fully saturated rings. The van der Waals surface area contributed by atoms with Gasteiger partial charge in [-0.15, -0.1) is 0 Å². The molecule has 0 radical (unpaired) electrons. The van der Waals surface area contributed by atoms with E-state index in [0.717, 1.165) is 53.3 Å². The zero-order valence-electron chi connectivity index (χ0n) is 17.3. The number of halogens is 1.